The molecule has 2 rings (SSSR count). The minimum Gasteiger partial charge on any atom is -0.480 e. The second kappa shape index (κ2) is 5.69. The van der Waals surface area contributed by atoms with Crippen LogP contribution in [0.1, 0.15) is 5.56 Å². The summed E-state index contributed by atoms with van der Waals surface area (Å²) in [6, 6.07) is 7.28. The lowest BCUT2D eigenvalue weighted by Crippen LogP contribution is -2.54. The first-order valence-corrected chi connectivity index (χ1v) is 6.34. The first kappa shape index (κ1) is 13.3. The summed E-state index contributed by atoms with van der Waals surface area (Å²) in [5.74, 6) is -0.752. The summed E-state index contributed by atoms with van der Waals surface area (Å²) in [5, 5.41) is 9.87. The van der Waals surface area contributed by atoms with Gasteiger partial charge in [0, 0.05) is 31.2 Å². The fraction of sp³-hybridized carbons (Fsp3) is 0.462. The number of benzene rings is 1. The number of carbonyl (C=O) groups is 1. The van der Waals surface area contributed by atoms with Crippen molar-refractivity contribution in [1.29, 1.82) is 0 Å². The fourth-order valence-corrected chi connectivity index (χ4v) is 2.31. The van der Waals surface area contributed by atoms with Gasteiger partial charge in [0.2, 0.25) is 0 Å². The van der Waals surface area contributed by atoms with Gasteiger partial charge in [0.15, 0.2) is 0 Å². The molecule has 1 unspecified atom stereocenters. The van der Waals surface area contributed by atoms with Crippen LogP contribution in [0.4, 0.5) is 0 Å². The van der Waals surface area contributed by atoms with Crippen LogP contribution in [-0.2, 0) is 11.3 Å². The van der Waals surface area contributed by atoms with Gasteiger partial charge in [0.1, 0.15) is 6.04 Å². The van der Waals surface area contributed by atoms with Crippen LogP contribution >= 0.6 is 11.6 Å². The average Bonchev–Trinajstić information content (AvgIpc) is 2.34. The van der Waals surface area contributed by atoms with Crippen LogP contribution in [0, 0.1) is 0 Å². The van der Waals surface area contributed by atoms with E-state index < -0.39 is 12.0 Å². The van der Waals surface area contributed by atoms with Gasteiger partial charge in [-0.15, -0.1) is 0 Å². The number of rotatable bonds is 3. The van der Waals surface area contributed by atoms with Gasteiger partial charge in [-0.3, -0.25) is 14.6 Å². The van der Waals surface area contributed by atoms with Gasteiger partial charge in [-0.2, -0.15) is 0 Å². The molecule has 1 fully saturated rings. The quantitative estimate of drug-likeness (QED) is 0.903. The molecule has 0 spiro atoms. The zero-order valence-corrected chi connectivity index (χ0v) is 11.1. The van der Waals surface area contributed by atoms with E-state index in [1.807, 2.05) is 36.2 Å². The van der Waals surface area contributed by atoms with Crippen molar-refractivity contribution >= 4 is 17.6 Å². The number of likely N-dealkylation sites (N-methyl/N-ethyl adjacent to an activating group) is 1. The van der Waals surface area contributed by atoms with Crippen molar-refractivity contribution in [1.82, 2.24) is 9.80 Å². The highest BCUT2D eigenvalue weighted by atomic mass is 35.5. The molecule has 1 aliphatic heterocycles. The Hall–Kier alpha value is -1.10. The SMILES string of the molecule is CN1CCN(Cc2ccc(Cl)cc2)CC1C(=O)O. The third-order valence-corrected chi connectivity index (χ3v) is 3.59. The van der Waals surface area contributed by atoms with Crippen LogP contribution in [0.25, 0.3) is 0 Å². The topological polar surface area (TPSA) is 43.8 Å². The monoisotopic (exact) mass is 268 g/mol. The minimum atomic E-state index is -0.752. The Morgan fingerprint density at radius 2 is 2.06 bits per heavy atom. The molecule has 1 aliphatic rings. The Labute approximate surface area is 112 Å². The Kier molecular flexibility index (Phi) is 4.22. The van der Waals surface area contributed by atoms with E-state index in [0.717, 1.165) is 30.2 Å². The molecule has 0 radical (unpaired) electrons. The fourth-order valence-electron chi connectivity index (χ4n) is 2.19. The van der Waals surface area contributed by atoms with Crippen molar-refractivity contribution in [3.8, 4) is 0 Å². The van der Waals surface area contributed by atoms with Gasteiger partial charge in [0.05, 0.1) is 0 Å². The van der Waals surface area contributed by atoms with Gasteiger partial charge < -0.3 is 5.11 Å². The zero-order valence-electron chi connectivity index (χ0n) is 10.3. The van der Waals surface area contributed by atoms with Gasteiger partial charge in [0.25, 0.3) is 0 Å². The third-order valence-electron chi connectivity index (χ3n) is 3.34. The lowest BCUT2D eigenvalue weighted by atomic mass is 10.1. The molecule has 5 heteroatoms. The highest BCUT2D eigenvalue weighted by Gasteiger charge is 2.29. The maximum absolute atomic E-state index is 11.1. The molecule has 0 saturated carbocycles. The Morgan fingerprint density at radius 3 is 2.67 bits per heavy atom. The lowest BCUT2D eigenvalue weighted by molar-refractivity contribution is -0.145. The molecule has 0 aliphatic carbocycles. The normalized spacial score (nSPS) is 22.0. The number of carboxylic acids is 1. The van der Waals surface area contributed by atoms with Crippen LogP contribution in [0.5, 0.6) is 0 Å². The van der Waals surface area contributed by atoms with Crippen molar-refractivity contribution in [3.05, 3.63) is 34.9 Å². The van der Waals surface area contributed by atoms with E-state index in [-0.39, 0.29) is 0 Å². The Bertz CT molecular complexity index is 422. The van der Waals surface area contributed by atoms with Crippen molar-refractivity contribution in [2.45, 2.75) is 12.6 Å². The van der Waals surface area contributed by atoms with Crippen molar-refractivity contribution in [3.63, 3.8) is 0 Å². The van der Waals surface area contributed by atoms with E-state index in [1.165, 1.54) is 0 Å². The van der Waals surface area contributed by atoms with Gasteiger partial charge in [-0.05, 0) is 24.7 Å². The summed E-state index contributed by atoms with van der Waals surface area (Å²) in [6.45, 7) is 3.01. The predicted molar refractivity (Wildman–Crippen MR) is 70.8 cm³/mol. The second-order valence-electron chi connectivity index (χ2n) is 4.70. The van der Waals surface area contributed by atoms with Crippen LogP contribution in [0.15, 0.2) is 24.3 Å². The first-order valence-electron chi connectivity index (χ1n) is 5.96. The van der Waals surface area contributed by atoms with Crippen LogP contribution in [0.3, 0.4) is 0 Å². The van der Waals surface area contributed by atoms with Crippen molar-refractivity contribution in [2.75, 3.05) is 26.7 Å². The standard InChI is InChI=1S/C13H17ClN2O2/c1-15-6-7-16(9-12(15)13(17)18)8-10-2-4-11(14)5-3-10/h2-5,12H,6-9H2,1H3,(H,17,18). The highest BCUT2D eigenvalue weighted by Crippen LogP contribution is 2.14. The molecule has 4 nitrogen and oxygen atoms in total. The molecule has 1 aromatic rings. The Balaban J connectivity index is 1.98. The highest BCUT2D eigenvalue weighted by molar-refractivity contribution is 6.30. The summed E-state index contributed by atoms with van der Waals surface area (Å²) >= 11 is 5.84. The molecular weight excluding hydrogens is 252 g/mol. The number of halogens is 1. The molecule has 18 heavy (non-hydrogen) atoms. The lowest BCUT2D eigenvalue weighted by Gasteiger charge is -2.37. The van der Waals surface area contributed by atoms with Gasteiger partial charge in [-0.1, -0.05) is 23.7 Å². The number of hydrogen-bond acceptors (Lipinski definition) is 3. The van der Waals surface area contributed by atoms with E-state index in [1.54, 1.807) is 0 Å². The van der Waals surface area contributed by atoms with Gasteiger partial charge >= 0.3 is 5.97 Å². The summed E-state index contributed by atoms with van der Waals surface area (Å²) in [6.07, 6.45) is 0. The van der Waals surface area contributed by atoms with E-state index >= 15 is 0 Å². The van der Waals surface area contributed by atoms with E-state index in [0.29, 0.717) is 6.54 Å². The molecule has 1 aromatic carbocycles. The molecule has 0 aromatic heterocycles. The summed E-state index contributed by atoms with van der Waals surface area (Å²) in [4.78, 5) is 15.2. The third kappa shape index (κ3) is 3.22. The summed E-state index contributed by atoms with van der Waals surface area (Å²) in [5.41, 5.74) is 1.16. The zero-order chi connectivity index (χ0) is 13.1. The molecule has 0 bridgehead atoms. The van der Waals surface area contributed by atoms with Crippen LogP contribution < -0.4 is 0 Å². The molecule has 1 heterocycles. The summed E-state index contributed by atoms with van der Waals surface area (Å²) in [7, 11) is 1.86. The molecular formula is C13H17ClN2O2. The molecule has 1 N–H and O–H groups in total. The smallest absolute Gasteiger partial charge is 0.322 e. The number of nitrogens with zero attached hydrogens (tertiary/aromatic N) is 2. The van der Waals surface area contributed by atoms with Crippen molar-refractivity contribution in [2.24, 2.45) is 0 Å². The van der Waals surface area contributed by atoms with Crippen LogP contribution in [-0.4, -0.2) is 53.6 Å². The molecule has 1 atom stereocenters. The first-order chi connectivity index (χ1) is 8.56. The number of aliphatic carboxylic acids is 1. The minimum absolute atomic E-state index is 0.411. The maximum Gasteiger partial charge on any atom is 0.322 e. The van der Waals surface area contributed by atoms with E-state index in [2.05, 4.69) is 4.90 Å². The Morgan fingerprint density at radius 1 is 1.39 bits per heavy atom. The maximum atomic E-state index is 11.1. The largest absolute Gasteiger partial charge is 0.480 e. The summed E-state index contributed by atoms with van der Waals surface area (Å²) < 4.78 is 0. The number of carboxylic acid groups (broad SMARTS) is 1. The number of piperazine rings is 1. The van der Waals surface area contributed by atoms with E-state index in [4.69, 9.17) is 16.7 Å². The molecule has 0 amide bonds. The predicted octanol–water partition coefficient (Wildman–Crippen LogP) is 1.54. The average molecular weight is 269 g/mol. The number of hydrogen-bond donors (Lipinski definition) is 1. The molecule has 1 saturated heterocycles. The van der Waals surface area contributed by atoms with Crippen LogP contribution in [0.2, 0.25) is 5.02 Å². The van der Waals surface area contributed by atoms with Gasteiger partial charge in [-0.25, -0.2) is 0 Å². The van der Waals surface area contributed by atoms with Crippen molar-refractivity contribution < 1.29 is 9.90 Å². The molecule has 98 valence electrons. The second-order valence-corrected chi connectivity index (χ2v) is 5.13. The van der Waals surface area contributed by atoms with E-state index in [9.17, 15) is 4.79 Å².